The number of halogens is 2. The molecule has 0 fully saturated rings. The molecule has 0 radical (unpaired) electrons. The Labute approximate surface area is 188 Å². The topological polar surface area (TPSA) is 97.0 Å². The Morgan fingerprint density at radius 2 is 1.93 bits per heavy atom. The summed E-state index contributed by atoms with van der Waals surface area (Å²) in [4.78, 5) is 6.23. The van der Waals surface area contributed by atoms with Gasteiger partial charge in [-0.3, -0.25) is 4.99 Å². The number of nitrogens with two attached hydrogens (primary N) is 1. The molecule has 0 saturated carbocycles. The molecule has 3 N–H and O–H groups in total. The number of likely N-dealkylation sites (N-methyl/N-ethyl adjacent to an activating group) is 1. The summed E-state index contributed by atoms with van der Waals surface area (Å²) in [7, 11) is -0.150. The molecule has 154 valence electrons. The smallest absolute Gasteiger partial charge is 0.238 e. The van der Waals surface area contributed by atoms with E-state index in [1.165, 1.54) is 6.07 Å². The Morgan fingerprint density at radius 3 is 2.54 bits per heavy atom. The van der Waals surface area contributed by atoms with Gasteiger partial charge in [-0.25, -0.2) is 13.6 Å². The first-order chi connectivity index (χ1) is 12.8. The third-order valence-corrected chi connectivity index (χ3v) is 4.92. The zero-order valence-electron chi connectivity index (χ0n) is 15.6. The van der Waals surface area contributed by atoms with Crippen LogP contribution in [0.3, 0.4) is 0 Å². The molecule has 0 heterocycles. The quantitative estimate of drug-likeness (QED) is 0.321. The second-order valence-electron chi connectivity index (χ2n) is 5.82. The predicted octanol–water partition coefficient (Wildman–Crippen LogP) is 2.69. The molecular weight excluding hydrogens is 515 g/mol. The van der Waals surface area contributed by atoms with E-state index in [9.17, 15) is 8.42 Å². The van der Waals surface area contributed by atoms with Crippen LogP contribution in [0.5, 0.6) is 5.75 Å². The van der Waals surface area contributed by atoms with E-state index in [0.29, 0.717) is 30.7 Å². The van der Waals surface area contributed by atoms with E-state index >= 15 is 0 Å². The third kappa shape index (κ3) is 7.82. The molecular formula is C18H24ClIN4O3S. The zero-order valence-corrected chi connectivity index (χ0v) is 19.5. The van der Waals surface area contributed by atoms with Crippen LogP contribution < -0.4 is 15.2 Å². The van der Waals surface area contributed by atoms with Gasteiger partial charge in [0.15, 0.2) is 5.96 Å². The van der Waals surface area contributed by atoms with Crippen molar-refractivity contribution in [2.45, 2.75) is 11.4 Å². The van der Waals surface area contributed by atoms with Crippen LogP contribution in [-0.4, -0.2) is 46.5 Å². The number of guanidine groups is 1. The monoisotopic (exact) mass is 538 g/mol. The fourth-order valence-corrected chi connectivity index (χ4v) is 3.05. The highest BCUT2D eigenvalue weighted by atomic mass is 127. The van der Waals surface area contributed by atoms with Crippen LogP contribution >= 0.6 is 35.6 Å². The average Bonchev–Trinajstić information content (AvgIpc) is 2.63. The van der Waals surface area contributed by atoms with Crippen LogP contribution in [0.1, 0.15) is 5.56 Å². The fourth-order valence-electron chi connectivity index (χ4n) is 2.34. The second kappa shape index (κ2) is 11.4. The van der Waals surface area contributed by atoms with Gasteiger partial charge in [0.05, 0.1) is 11.4 Å². The lowest BCUT2D eigenvalue weighted by atomic mass is 10.2. The summed E-state index contributed by atoms with van der Waals surface area (Å²) in [6, 6.07) is 13.7. The molecule has 0 bridgehead atoms. The highest BCUT2D eigenvalue weighted by Gasteiger charge is 2.09. The Bertz CT molecular complexity index is 892. The van der Waals surface area contributed by atoms with Gasteiger partial charge >= 0.3 is 0 Å². The molecule has 2 rings (SSSR count). The van der Waals surface area contributed by atoms with E-state index < -0.39 is 10.0 Å². The zero-order chi connectivity index (χ0) is 19.9. The van der Waals surface area contributed by atoms with Crippen molar-refractivity contribution < 1.29 is 13.2 Å². The first-order valence-electron chi connectivity index (χ1n) is 8.21. The molecule has 28 heavy (non-hydrogen) atoms. The summed E-state index contributed by atoms with van der Waals surface area (Å²) < 4.78 is 28.6. The second-order valence-corrected chi connectivity index (χ2v) is 7.81. The molecule has 0 saturated heterocycles. The number of rotatable bonds is 7. The molecule has 0 spiro atoms. The number of primary sulfonamides is 1. The third-order valence-electron chi connectivity index (χ3n) is 3.76. The van der Waals surface area contributed by atoms with E-state index in [4.69, 9.17) is 21.5 Å². The minimum atomic E-state index is -3.72. The largest absolute Gasteiger partial charge is 0.492 e. The number of aliphatic imine (C=N–C) groups is 1. The molecule has 0 aliphatic carbocycles. The van der Waals surface area contributed by atoms with Gasteiger partial charge in [-0.05, 0) is 42.0 Å². The first kappa shape index (κ1) is 24.5. The van der Waals surface area contributed by atoms with E-state index in [2.05, 4.69) is 10.3 Å². The summed E-state index contributed by atoms with van der Waals surface area (Å²) in [5.74, 6) is 1.41. The van der Waals surface area contributed by atoms with Gasteiger partial charge in [-0.2, -0.15) is 0 Å². The summed E-state index contributed by atoms with van der Waals surface area (Å²) in [5.41, 5.74) is 0.786. The Morgan fingerprint density at radius 1 is 1.25 bits per heavy atom. The number of ether oxygens (including phenoxy) is 1. The lowest BCUT2D eigenvalue weighted by Crippen LogP contribution is -2.40. The molecule has 0 amide bonds. The van der Waals surface area contributed by atoms with Crippen molar-refractivity contribution in [2.24, 2.45) is 10.1 Å². The molecule has 7 nitrogen and oxygen atoms in total. The van der Waals surface area contributed by atoms with Crippen LogP contribution in [0, 0.1) is 0 Å². The van der Waals surface area contributed by atoms with E-state index in [0.717, 1.165) is 11.3 Å². The SMILES string of the molecule is CN=C(NCc1cccc(S(N)(=O)=O)c1)N(C)CCOc1ccc(Cl)cc1.I. The van der Waals surface area contributed by atoms with Gasteiger partial charge in [0.25, 0.3) is 0 Å². The predicted molar refractivity (Wildman–Crippen MR) is 123 cm³/mol. The number of hydrogen-bond acceptors (Lipinski definition) is 4. The molecule has 10 heteroatoms. The lowest BCUT2D eigenvalue weighted by molar-refractivity contribution is 0.281. The standard InChI is InChI=1S/C18H23ClN4O3S.HI/c1-21-18(22-13-14-4-3-5-17(12-14)27(20,24)25)23(2)10-11-26-16-8-6-15(19)7-9-16;/h3-9,12H,10-11,13H2,1-2H3,(H,21,22)(H2,20,24,25);1H. The van der Waals surface area contributed by atoms with Crippen molar-refractivity contribution in [3.63, 3.8) is 0 Å². The minimum absolute atomic E-state index is 0. The van der Waals surface area contributed by atoms with Crippen LogP contribution in [0.15, 0.2) is 58.4 Å². The Balaban J connectivity index is 0.00000392. The number of sulfonamides is 1. The highest BCUT2D eigenvalue weighted by Crippen LogP contribution is 2.15. The van der Waals surface area contributed by atoms with Gasteiger partial charge in [0, 0.05) is 25.7 Å². The van der Waals surface area contributed by atoms with Crippen molar-refractivity contribution in [3.8, 4) is 5.75 Å². The fraction of sp³-hybridized carbons (Fsp3) is 0.278. The van der Waals surface area contributed by atoms with E-state index in [1.807, 2.05) is 30.1 Å². The molecule has 0 aliphatic rings. The summed E-state index contributed by atoms with van der Waals surface area (Å²) in [5, 5.41) is 9.02. The normalized spacial score (nSPS) is 11.5. The van der Waals surface area contributed by atoms with Crippen molar-refractivity contribution >= 4 is 51.6 Å². The van der Waals surface area contributed by atoms with E-state index in [-0.39, 0.29) is 28.9 Å². The van der Waals surface area contributed by atoms with Crippen LogP contribution in [0.4, 0.5) is 0 Å². The Kier molecular flexibility index (Phi) is 10.0. The van der Waals surface area contributed by atoms with Gasteiger partial charge in [-0.15, -0.1) is 24.0 Å². The maximum atomic E-state index is 11.4. The van der Waals surface area contributed by atoms with Crippen molar-refractivity contribution in [1.82, 2.24) is 10.2 Å². The van der Waals surface area contributed by atoms with Crippen molar-refractivity contribution in [2.75, 3.05) is 27.2 Å². The number of hydrogen-bond donors (Lipinski definition) is 2. The maximum absolute atomic E-state index is 11.4. The number of nitrogens with zero attached hydrogens (tertiary/aromatic N) is 2. The molecule has 0 aliphatic heterocycles. The van der Waals surface area contributed by atoms with Crippen molar-refractivity contribution in [1.29, 1.82) is 0 Å². The van der Waals surface area contributed by atoms with Crippen LogP contribution in [-0.2, 0) is 16.6 Å². The summed E-state index contributed by atoms with van der Waals surface area (Å²) in [6.45, 7) is 1.50. The number of benzene rings is 2. The highest BCUT2D eigenvalue weighted by molar-refractivity contribution is 14.0. The molecule has 0 aromatic heterocycles. The van der Waals surface area contributed by atoms with Gasteiger partial charge in [0.1, 0.15) is 12.4 Å². The van der Waals surface area contributed by atoms with Gasteiger partial charge < -0.3 is 15.0 Å². The van der Waals surface area contributed by atoms with Crippen LogP contribution in [0.25, 0.3) is 0 Å². The molecule has 0 unspecified atom stereocenters. The lowest BCUT2D eigenvalue weighted by Gasteiger charge is -2.22. The maximum Gasteiger partial charge on any atom is 0.238 e. The van der Waals surface area contributed by atoms with Gasteiger partial charge in [0.2, 0.25) is 10.0 Å². The van der Waals surface area contributed by atoms with Crippen molar-refractivity contribution in [3.05, 3.63) is 59.1 Å². The first-order valence-corrected chi connectivity index (χ1v) is 10.1. The van der Waals surface area contributed by atoms with Crippen LogP contribution in [0.2, 0.25) is 5.02 Å². The Hall–Kier alpha value is -1.56. The molecule has 0 atom stereocenters. The average molecular weight is 539 g/mol. The number of nitrogens with one attached hydrogen (secondary N) is 1. The molecule has 2 aromatic rings. The summed E-state index contributed by atoms with van der Waals surface area (Å²) in [6.07, 6.45) is 0. The summed E-state index contributed by atoms with van der Waals surface area (Å²) >= 11 is 5.85. The van der Waals surface area contributed by atoms with Gasteiger partial charge in [-0.1, -0.05) is 23.7 Å². The minimum Gasteiger partial charge on any atom is -0.492 e. The van der Waals surface area contributed by atoms with E-state index in [1.54, 1.807) is 31.3 Å². The molecule has 2 aromatic carbocycles.